The Kier molecular flexibility index (Phi) is 3.33. The van der Waals surface area contributed by atoms with Gasteiger partial charge in [0.25, 0.3) is 0 Å². The number of nitrogens with one attached hydrogen (secondary N) is 1. The minimum absolute atomic E-state index is 0.730. The SMILES string of the molecule is CCCNc1ccc(C)cc1C#N. The van der Waals surface area contributed by atoms with Crippen LogP contribution in [0.25, 0.3) is 0 Å². The van der Waals surface area contributed by atoms with Crippen molar-refractivity contribution in [3.8, 4) is 6.07 Å². The molecule has 0 aromatic heterocycles. The van der Waals surface area contributed by atoms with Crippen molar-refractivity contribution in [1.82, 2.24) is 0 Å². The van der Waals surface area contributed by atoms with Gasteiger partial charge in [0.2, 0.25) is 0 Å². The Bertz CT molecular complexity index is 323. The van der Waals surface area contributed by atoms with Crippen LogP contribution in [0.1, 0.15) is 24.5 Å². The van der Waals surface area contributed by atoms with Crippen LogP contribution in [0.3, 0.4) is 0 Å². The van der Waals surface area contributed by atoms with Crippen molar-refractivity contribution < 1.29 is 0 Å². The molecule has 0 spiro atoms. The Hall–Kier alpha value is -1.49. The number of rotatable bonds is 3. The molecule has 13 heavy (non-hydrogen) atoms. The third-order valence-corrected chi connectivity index (χ3v) is 1.86. The molecular formula is C11H14N2. The van der Waals surface area contributed by atoms with Crippen LogP contribution in [0, 0.1) is 18.3 Å². The van der Waals surface area contributed by atoms with E-state index in [1.54, 1.807) is 0 Å². The molecule has 2 heteroatoms. The summed E-state index contributed by atoms with van der Waals surface area (Å²) < 4.78 is 0. The number of hydrogen-bond acceptors (Lipinski definition) is 2. The van der Waals surface area contributed by atoms with Crippen LogP contribution >= 0.6 is 0 Å². The normalized spacial score (nSPS) is 9.31. The maximum Gasteiger partial charge on any atom is 0.101 e. The maximum absolute atomic E-state index is 8.85. The van der Waals surface area contributed by atoms with E-state index >= 15 is 0 Å². The van der Waals surface area contributed by atoms with Gasteiger partial charge in [-0.25, -0.2) is 0 Å². The molecule has 0 bridgehead atoms. The fraction of sp³-hybridized carbons (Fsp3) is 0.364. The predicted octanol–water partition coefficient (Wildman–Crippen LogP) is 2.69. The van der Waals surface area contributed by atoms with E-state index in [0.29, 0.717) is 0 Å². The summed E-state index contributed by atoms with van der Waals surface area (Å²) in [5.41, 5.74) is 2.79. The van der Waals surface area contributed by atoms with Gasteiger partial charge in [0.1, 0.15) is 6.07 Å². The van der Waals surface area contributed by atoms with E-state index in [0.717, 1.165) is 29.8 Å². The summed E-state index contributed by atoms with van der Waals surface area (Å²) in [6, 6.07) is 8.06. The van der Waals surface area contributed by atoms with Gasteiger partial charge < -0.3 is 5.32 Å². The van der Waals surface area contributed by atoms with Gasteiger partial charge in [0, 0.05) is 6.54 Å². The third kappa shape index (κ3) is 2.48. The Morgan fingerprint density at radius 2 is 2.23 bits per heavy atom. The summed E-state index contributed by atoms with van der Waals surface area (Å²) in [5, 5.41) is 12.1. The van der Waals surface area contributed by atoms with E-state index in [1.165, 1.54) is 0 Å². The Labute approximate surface area is 79.2 Å². The van der Waals surface area contributed by atoms with Crippen LogP contribution in [0.15, 0.2) is 18.2 Å². The number of nitriles is 1. The molecular weight excluding hydrogens is 160 g/mol. The number of benzene rings is 1. The minimum atomic E-state index is 0.730. The standard InChI is InChI=1S/C11H14N2/c1-3-6-13-11-5-4-9(2)7-10(11)8-12/h4-5,7,13H,3,6H2,1-2H3. The Balaban J connectivity index is 2.88. The van der Waals surface area contributed by atoms with Gasteiger partial charge in [-0.2, -0.15) is 5.26 Å². The summed E-state index contributed by atoms with van der Waals surface area (Å²) in [7, 11) is 0. The predicted molar refractivity (Wildman–Crippen MR) is 54.7 cm³/mol. The van der Waals surface area contributed by atoms with Gasteiger partial charge in [-0.15, -0.1) is 0 Å². The summed E-state index contributed by atoms with van der Waals surface area (Å²) in [6.45, 7) is 5.01. The van der Waals surface area contributed by atoms with E-state index < -0.39 is 0 Å². The molecule has 0 atom stereocenters. The highest BCUT2D eigenvalue weighted by atomic mass is 14.9. The monoisotopic (exact) mass is 174 g/mol. The smallest absolute Gasteiger partial charge is 0.101 e. The van der Waals surface area contributed by atoms with Crippen molar-refractivity contribution in [3.05, 3.63) is 29.3 Å². The summed E-state index contributed by atoms with van der Waals surface area (Å²) in [4.78, 5) is 0. The molecule has 0 aliphatic carbocycles. The first-order valence-corrected chi connectivity index (χ1v) is 4.52. The Morgan fingerprint density at radius 1 is 1.46 bits per heavy atom. The van der Waals surface area contributed by atoms with Crippen molar-refractivity contribution in [2.45, 2.75) is 20.3 Å². The number of anilines is 1. The second-order valence-corrected chi connectivity index (χ2v) is 3.09. The molecule has 68 valence electrons. The first-order valence-electron chi connectivity index (χ1n) is 4.52. The van der Waals surface area contributed by atoms with E-state index in [1.807, 2.05) is 25.1 Å². The quantitative estimate of drug-likeness (QED) is 0.764. The molecule has 0 saturated carbocycles. The highest BCUT2D eigenvalue weighted by Gasteiger charge is 1.99. The van der Waals surface area contributed by atoms with Crippen molar-refractivity contribution in [3.63, 3.8) is 0 Å². The second-order valence-electron chi connectivity index (χ2n) is 3.09. The molecule has 1 aromatic rings. The van der Waals surface area contributed by atoms with Gasteiger partial charge in [0.05, 0.1) is 11.3 Å². The van der Waals surface area contributed by atoms with Gasteiger partial charge in [-0.05, 0) is 31.0 Å². The average Bonchev–Trinajstić information content (AvgIpc) is 2.16. The number of hydrogen-bond donors (Lipinski definition) is 1. The van der Waals surface area contributed by atoms with E-state index in [4.69, 9.17) is 5.26 Å². The lowest BCUT2D eigenvalue weighted by molar-refractivity contribution is 0.978. The van der Waals surface area contributed by atoms with Crippen LogP contribution in [-0.4, -0.2) is 6.54 Å². The van der Waals surface area contributed by atoms with Crippen LogP contribution in [-0.2, 0) is 0 Å². The summed E-state index contributed by atoms with van der Waals surface area (Å²) in [5.74, 6) is 0. The zero-order valence-corrected chi connectivity index (χ0v) is 8.09. The summed E-state index contributed by atoms with van der Waals surface area (Å²) in [6.07, 6.45) is 1.07. The molecule has 0 radical (unpaired) electrons. The van der Waals surface area contributed by atoms with Crippen molar-refractivity contribution >= 4 is 5.69 Å². The molecule has 0 amide bonds. The zero-order valence-electron chi connectivity index (χ0n) is 8.09. The highest BCUT2D eigenvalue weighted by molar-refractivity contribution is 5.58. The van der Waals surface area contributed by atoms with Crippen molar-refractivity contribution in [2.24, 2.45) is 0 Å². The summed E-state index contributed by atoms with van der Waals surface area (Å²) >= 11 is 0. The fourth-order valence-corrected chi connectivity index (χ4v) is 1.16. The third-order valence-electron chi connectivity index (χ3n) is 1.86. The molecule has 1 rings (SSSR count). The largest absolute Gasteiger partial charge is 0.384 e. The zero-order chi connectivity index (χ0) is 9.68. The molecule has 2 nitrogen and oxygen atoms in total. The maximum atomic E-state index is 8.85. The molecule has 0 unspecified atom stereocenters. The Morgan fingerprint density at radius 3 is 2.85 bits per heavy atom. The topological polar surface area (TPSA) is 35.8 Å². The van der Waals surface area contributed by atoms with Gasteiger partial charge >= 0.3 is 0 Å². The molecule has 1 aromatic carbocycles. The average molecular weight is 174 g/mol. The van der Waals surface area contributed by atoms with Crippen LogP contribution < -0.4 is 5.32 Å². The number of nitrogens with zero attached hydrogens (tertiary/aromatic N) is 1. The van der Waals surface area contributed by atoms with Crippen LogP contribution in [0.5, 0.6) is 0 Å². The number of aryl methyl sites for hydroxylation is 1. The second kappa shape index (κ2) is 4.51. The van der Waals surface area contributed by atoms with Gasteiger partial charge in [-0.1, -0.05) is 13.0 Å². The van der Waals surface area contributed by atoms with Crippen LogP contribution in [0.2, 0.25) is 0 Å². The van der Waals surface area contributed by atoms with Gasteiger partial charge in [-0.3, -0.25) is 0 Å². The molecule has 0 aliphatic heterocycles. The van der Waals surface area contributed by atoms with E-state index in [2.05, 4.69) is 18.3 Å². The van der Waals surface area contributed by atoms with Crippen molar-refractivity contribution in [2.75, 3.05) is 11.9 Å². The first kappa shape index (κ1) is 9.60. The lowest BCUT2D eigenvalue weighted by Gasteiger charge is -2.06. The molecule has 0 fully saturated rings. The lowest BCUT2D eigenvalue weighted by atomic mass is 10.1. The fourth-order valence-electron chi connectivity index (χ4n) is 1.16. The van der Waals surface area contributed by atoms with E-state index in [-0.39, 0.29) is 0 Å². The van der Waals surface area contributed by atoms with E-state index in [9.17, 15) is 0 Å². The molecule has 0 aliphatic rings. The highest BCUT2D eigenvalue weighted by Crippen LogP contribution is 2.15. The lowest BCUT2D eigenvalue weighted by Crippen LogP contribution is -2.01. The van der Waals surface area contributed by atoms with Gasteiger partial charge in [0.15, 0.2) is 0 Å². The van der Waals surface area contributed by atoms with Crippen LogP contribution in [0.4, 0.5) is 5.69 Å². The molecule has 1 N–H and O–H groups in total. The van der Waals surface area contributed by atoms with Crippen molar-refractivity contribution in [1.29, 1.82) is 5.26 Å². The first-order chi connectivity index (χ1) is 6.27. The minimum Gasteiger partial charge on any atom is -0.384 e. The molecule has 0 heterocycles. The molecule has 0 saturated heterocycles.